The van der Waals surface area contributed by atoms with E-state index in [-0.39, 0.29) is 0 Å². The summed E-state index contributed by atoms with van der Waals surface area (Å²) in [5.74, 6) is 0. The Bertz CT molecular complexity index is 840. The minimum Gasteiger partial charge on any atom is -0.378 e. The van der Waals surface area contributed by atoms with E-state index in [9.17, 15) is 5.26 Å². The summed E-state index contributed by atoms with van der Waals surface area (Å²) < 4.78 is 2.07. The molecule has 1 aromatic carbocycles. The third kappa shape index (κ3) is 2.34. The highest BCUT2D eigenvalue weighted by Gasteiger charge is 2.09. The van der Waals surface area contributed by atoms with Crippen LogP contribution in [0.3, 0.4) is 0 Å². The van der Waals surface area contributed by atoms with Gasteiger partial charge in [-0.3, -0.25) is 0 Å². The van der Waals surface area contributed by atoms with Crippen molar-refractivity contribution in [3.63, 3.8) is 0 Å². The van der Waals surface area contributed by atoms with Crippen molar-refractivity contribution in [3.05, 3.63) is 65.1 Å². The molecule has 0 atom stereocenters. The van der Waals surface area contributed by atoms with Crippen molar-refractivity contribution in [2.75, 3.05) is 5.32 Å². The van der Waals surface area contributed by atoms with E-state index < -0.39 is 0 Å². The van der Waals surface area contributed by atoms with Gasteiger partial charge in [-0.25, -0.2) is 4.98 Å². The van der Waals surface area contributed by atoms with Gasteiger partial charge in [-0.15, -0.1) is 0 Å². The van der Waals surface area contributed by atoms with Crippen LogP contribution in [0.4, 0.5) is 5.69 Å². The van der Waals surface area contributed by atoms with Crippen molar-refractivity contribution >= 4 is 11.3 Å². The number of rotatable bonds is 3. The molecule has 0 bridgehead atoms. The van der Waals surface area contributed by atoms with Gasteiger partial charge in [-0.1, -0.05) is 18.2 Å². The number of nitrogens with one attached hydrogen (secondary N) is 1. The normalized spacial score (nSPS) is 10.5. The first-order valence-corrected chi connectivity index (χ1v) is 6.87. The fourth-order valence-corrected chi connectivity index (χ4v) is 2.52. The van der Waals surface area contributed by atoms with Crippen LogP contribution in [0.15, 0.2) is 42.6 Å². The average molecular weight is 276 g/mol. The topological polar surface area (TPSA) is 53.1 Å². The van der Waals surface area contributed by atoms with Gasteiger partial charge < -0.3 is 9.72 Å². The Morgan fingerprint density at radius 2 is 2.05 bits per heavy atom. The first kappa shape index (κ1) is 13.2. The molecule has 0 aliphatic carbocycles. The van der Waals surface area contributed by atoms with Crippen LogP contribution in [0.5, 0.6) is 0 Å². The average Bonchev–Trinajstić information content (AvgIpc) is 2.80. The zero-order valence-corrected chi connectivity index (χ0v) is 12.1. The van der Waals surface area contributed by atoms with Gasteiger partial charge in [0.15, 0.2) is 0 Å². The van der Waals surface area contributed by atoms with Crippen molar-refractivity contribution in [1.82, 2.24) is 9.38 Å². The quantitative estimate of drug-likeness (QED) is 0.797. The monoisotopic (exact) mass is 276 g/mol. The molecule has 0 spiro atoms. The number of nitriles is 1. The van der Waals surface area contributed by atoms with Crippen LogP contribution < -0.4 is 5.32 Å². The van der Waals surface area contributed by atoms with Gasteiger partial charge in [-0.2, -0.15) is 5.26 Å². The van der Waals surface area contributed by atoms with E-state index in [1.54, 1.807) is 0 Å². The molecule has 104 valence electrons. The second-order valence-corrected chi connectivity index (χ2v) is 5.04. The third-order valence-electron chi connectivity index (χ3n) is 3.66. The van der Waals surface area contributed by atoms with E-state index in [2.05, 4.69) is 20.8 Å². The molecule has 4 heteroatoms. The largest absolute Gasteiger partial charge is 0.378 e. The molecule has 0 aliphatic rings. The molecule has 0 saturated carbocycles. The Balaban J connectivity index is 1.93. The molecule has 0 unspecified atom stereocenters. The predicted octanol–water partition coefficient (Wildman–Crippen LogP) is 3.43. The molecule has 0 aliphatic heterocycles. The molecular weight excluding hydrogens is 260 g/mol. The second kappa shape index (κ2) is 5.29. The summed E-state index contributed by atoms with van der Waals surface area (Å²) in [5.41, 5.74) is 5.59. The van der Waals surface area contributed by atoms with Gasteiger partial charge in [0.25, 0.3) is 0 Å². The minimum atomic E-state index is 0.634. The maximum atomic E-state index is 9.28. The Labute approximate surface area is 123 Å². The Hall–Kier alpha value is -2.80. The number of imidazole rings is 1. The highest BCUT2D eigenvalue weighted by molar-refractivity contribution is 5.60. The SMILES string of the molecule is Cc1cccc(NCc2c(C)nc3ccccn23)c1C#N. The van der Waals surface area contributed by atoms with E-state index >= 15 is 0 Å². The van der Waals surface area contributed by atoms with Crippen LogP contribution in [-0.4, -0.2) is 9.38 Å². The van der Waals surface area contributed by atoms with E-state index in [1.165, 1.54) is 0 Å². The van der Waals surface area contributed by atoms with Gasteiger partial charge in [0.05, 0.1) is 29.2 Å². The molecule has 2 heterocycles. The van der Waals surface area contributed by atoms with Crippen LogP contribution in [0.2, 0.25) is 0 Å². The van der Waals surface area contributed by atoms with Gasteiger partial charge in [0, 0.05) is 6.20 Å². The van der Waals surface area contributed by atoms with Gasteiger partial charge in [0.1, 0.15) is 11.7 Å². The molecule has 3 rings (SSSR count). The minimum absolute atomic E-state index is 0.634. The first-order valence-electron chi connectivity index (χ1n) is 6.87. The molecule has 0 fully saturated rings. The summed E-state index contributed by atoms with van der Waals surface area (Å²) in [6.45, 7) is 4.59. The Morgan fingerprint density at radius 1 is 1.19 bits per heavy atom. The standard InChI is InChI=1S/C17H16N4/c1-12-6-5-7-15(14(12)10-18)19-11-16-13(2)20-17-8-3-4-9-21(16)17/h3-9,19H,11H2,1-2H3. The molecule has 0 saturated heterocycles. The maximum Gasteiger partial charge on any atom is 0.137 e. The second-order valence-electron chi connectivity index (χ2n) is 5.04. The highest BCUT2D eigenvalue weighted by atomic mass is 15.0. The van der Waals surface area contributed by atoms with E-state index in [4.69, 9.17) is 0 Å². The molecule has 4 nitrogen and oxygen atoms in total. The number of pyridine rings is 1. The van der Waals surface area contributed by atoms with Crippen molar-refractivity contribution in [2.24, 2.45) is 0 Å². The summed E-state index contributed by atoms with van der Waals surface area (Å²) in [6, 6.07) is 14.1. The lowest BCUT2D eigenvalue weighted by atomic mass is 10.1. The van der Waals surface area contributed by atoms with Gasteiger partial charge >= 0.3 is 0 Å². The van der Waals surface area contributed by atoms with Crippen LogP contribution in [0.1, 0.15) is 22.5 Å². The van der Waals surface area contributed by atoms with Crippen LogP contribution in [-0.2, 0) is 6.54 Å². The van der Waals surface area contributed by atoms with E-state index in [0.29, 0.717) is 12.1 Å². The molecule has 21 heavy (non-hydrogen) atoms. The zero-order chi connectivity index (χ0) is 14.8. The van der Waals surface area contributed by atoms with Crippen molar-refractivity contribution in [1.29, 1.82) is 5.26 Å². The molecule has 2 aromatic heterocycles. The van der Waals surface area contributed by atoms with Crippen LogP contribution >= 0.6 is 0 Å². The van der Waals surface area contributed by atoms with Gasteiger partial charge in [-0.05, 0) is 37.6 Å². The van der Waals surface area contributed by atoms with Crippen LogP contribution in [0.25, 0.3) is 5.65 Å². The highest BCUT2D eigenvalue weighted by Crippen LogP contribution is 2.20. The lowest BCUT2D eigenvalue weighted by Crippen LogP contribution is -2.05. The lowest BCUT2D eigenvalue weighted by molar-refractivity contribution is 0.985. The molecule has 3 aromatic rings. The Kier molecular flexibility index (Phi) is 3.33. The molecule has 0 radical (unpaired) electrons. The Morgan fingerprint density at radius 3 is 2.86 bits per heavy atom. The first-order chi connectivity index (χ1) is 10.2. The number of aryl methyl sites for hydroxylation is 2. The zero-order valence-electron chi connectivity index (χ0n) is 12.1. The van der Waals surface area contributed by atoms with Crippen molar-refractivity contribution < 1.29 is 0 Å². The summed E-state index contributed by atoms with van der Waals surface area (Å²) in [5, 5.41) is 12.6. The van der Waals surface area contributed by atoms with Crippen LogP contribution in [0, 0.1) is 25.2 Å². The number of nitrogens with zero attached hydrogens (tertiary/aromatic N) is 3. The number of hydrogen-bond donors (Lipinski definition) is 1. The number of anilines is 1. The summed E-state index contributed by atoms with van der Waals surface area (Å²) >= 11 is 0. The predicted molar refractivity (Wildman–Crippen MR) is 83.1 cm³/mol. The number of benzene rings is 1. The fraction of sp³-hybridized carbons (Fsp3) is 0.176. The summed E-state index contributed by atoms with van der Waals surface area (Å²) in [4.78, 5) is 4.54. The van der Waals surface area contributed by atoms with Crippen molar-refractivity contribution in [3.8, 4) is 6.07 Å². The molecule has 0 amide bonds. The number of aromatic nitrogens is 2. The maximum absolute atomic E-state index is 9.28. The lowest BCUT2D eigenvalue weighted by Gasteiger charge is -2.10. The summed E-state index contributed by atoms with van der Waals surface area (Å²) in [7, 11) is 0. The van der Waals surface area contributed by atoms with E-state index in [1.807, 2.05) is 56.4 Å². The van der Waals surface area contributed by atoms with Crippen molar-refractivity contribution in [2.45, 2.75) is 20.4 Å². The molecule has 1 N–H and O–H groups in total. The third-order valence-corrected chi connectivity index (χ3v) is 3.66. The van der Waals surface area contributed by atoms with Gasteiger partial charge in [0.2, 0.25) is 0 Å². The number of hydrogen-bond acceptors (Lipinski definition) is 3. The summed E-state index contributed by atoms with van der Waals surface area (Å²) in [6.07, 6.45) is 2.01. The smallest absolute Gasteiger partial charge is 0.137 e. The van der Waals surface area contributed by atoms with E-state index in [0.717, 1.165) is 28.3 Å². The fourth-order valence-electron chi connectivity index (χ4n) is 2.52. The number of fused-ring (bicyclic) bond motifs is 1. The molecular formula is C17H16N4.